The molecule has 21 heteroatoms. The Morgan fingerprint density at radius 1 is 0.877 bits per heavy atom. The molecule has 13 nitrogen and oxygen atoms in total. The SMILES string of the molecule is C.C.C.C.CC(C)OB1OC(C)(C)C(C)(C)O1.Cc1c(B(O)O)cnc(C2OCCO2)c1F.Cc1c(Br)cnc(C=O)c1F.Fc1cc(Br)cnc1Br.OCCO. The van der Waals surface area contributed by atoms with E-state index in [4.69, 9.17) is 43.7 Å². The van der Waals surface area contributed by atoms with Gasteiger partial charge in [0.25, 0.3) is 0 Å². The molecule has 2 aliphatic heterocycles. The molecule has 0 saturated carbocycles. The van der Waals surface area contributed by atoms with Gasteiger partial charge in [0.2, 0.25) is 6.29 Å². The quantitative estimate of drug-likeness (QED) is 0.108. The lowest BCUT2D eigenvalue weighted by Crippen LogP contribution is -2.41. The fourth-order valence-electron chi connectivity index (χ4n) is 3.68. The predicted octanol–water partition coefficient (Wildman–Crippen LogP) is 7.62. The maximum Gasteiger partial charge on any atom is 0.640 e. The first-order chi connectivity index (χ1) is 24.6. The number of hydrogen-bond acceptors (Lipinski definition) is 13. The van der Waals surface area contributed by atoms with Gasteiger partial charge in [0.05, 0.1) is 37.6 Å². The van der Waals surface area contributed by atoms with E-state index in [0.717, 1.165) is 0 Å². The van der Waals surface area contributed by atoms with E-state index >= 15 is 0 Å². The van der Waals surface area contributed by atoms with Crippen LogP contribution in [0.15, 0.2) is 38.2 Å². The summed E-state index contributed by atoms with van der Waals surface area (Å²) in [6.45, 7) is 15.5. The lowest BCUT2D eigenvalue weighted by Gasteiger charge is -2.31. The van der Waals surface area contributed by atoms with E-state index in [2.05, 4.69) is 62.7 Å². The van der Waals surface area contributed by atoms with E-state index in [-0.39, 0.29) is 93.1 Å². The van der Waals surface area contributed by atoms with Gasteiger partial charge in [-0.25, -0.2) is 23.1 Å². The summed E-state index contributed by atoms with van der Waals surface area (Å²) in [5.74, 6) is -1.55. The molecule has 4 N–H and O–H groups in total. The van der Waals surface area contributed by atoms with Gasteiger partial charge in [0, 0.05) is 44.7 Å². The highest BCUT2D eigenvalue weighted by Crippen LogP contribution is 2.37. The number of aliphatic hydroxyl groups is 2. The Morgan fingerprint density at radius 2 is 1.39 bits per heavy atom. The lowest BCUT2D eigenvalue weighted by atomic mass is 9.78. The Hall–Kier alpha value is -1.88. The first kappa shape index (κ1) is 61.8. The van der Waals surface area contributed by atoms with Crippen LogP contribution in [-0.2, 0) is 23.4 Å². The van der Waals surface area contributed by atoms with Crippen LogP contribution in [0.4, 0.5) is 13.2 Å². The van der Waals surface area contributed by atoms with Crippen molar-refractivity contribution in [2.45, 2.75) is 109 Å². The molecule has 0 unspecified atom stereocenters. The van der Waals surface area contributed by atoms with E-state index in [0.29, 0.717) is 34.0 Å². The molecule has 3 aromatic rings. The predicted molar refractivity (Wildman–Crippen MR) is 228 cm³/mol. The van der Waals surface area contributed by atoms with Gasteiger partial charge in [0.1, 0.15) is 16.0 Å². The number of pyridine rings is 3. The average molecular weight is 1010 g/mol. The van der Waals surface area contributed by atoms with E-state index in [1.807, 2.05) is 41.5 Å². The number of hydrogen-bond donors (Lipinski definition) is 4. The molecule has 326 valence electrons. The fraction of sp³-hybridized carbons (Fsp3) is 0.556. The number of aromatic nitrogens is 3. The van der Waals surface area contributed by atoms with Crippen LogP contribution in [0.1, 0.15) is 105 Å². The number of aliphatic hydroxyl groups excluding tert-OH is 2. The van der Waals surface area contributed by atoms with Crippen LogP contribution in [0.2, 0.25) is 0 Å². The third kappa shape index (κ3) is 19.8. The number of carbonyl (C=O) groups is 1. The van der Waals surface area contributed by atoms with Crippen LogP contribution >= 0.6 is 47.8 Å². The van der Waals surface area contributed by atoms with Crippen LogP contribution in [0.3, 0.4) is 0 Å². The highest BCUT2D eigenvalue weighted by molar-refractivity contribution is 9.11. The Kier molecular flexibility index (Phi) is 31.8. The number of aldehydes is 1. The van der Waals surface area contributed by atoms with Crippen molar-refractivity contribution in [3.63, 3.8) is 0 Å². The van der Waals surface area contributed by atoms with Crippen molar-refractivity contribution >= 4 is 74.0 Å². The zero-order valence-electron chi connectivity index (χ0n) is 30.4. The second-order valence-electron chi connectivity index (χ2n) is 12.1. The topological polar surface area (TPSA) is 183 Å². The third-order valence-electron chi connectivity index (χ3n) is 7.27. The zero-order chi connectivity index (χ0) is 40.7. The number of ether oxygens (including phenoxy) is 2. The van der Waals surface area contributed by atoms with Crippen molar-refractivity contribution in [3.05, 3.63) is 78.2 Å². The summed E-state index contributed by atoms with van der Waals surface area (Å²) in [6, 6.07) is 1.34. The van der Waals surface area contributed by atoms with Crippen LogP contribution in [-0.4, -0.2) is 99.7 Å². The van der Waals surface area contributed by atoms with E-state index in [1.165, 1.54) is 31.6 Å². The van der Waals surface area contributed by atoms with Gasteiger partial charge < -0.3 is 43.7 Å². The van der Waals surface area contributed by atoms with Gasteiger partial charge in [0.15, 0.2) is 23.7 Å². The van der Waals surface area contributed by atoms with Crippen LogP contribution in [0, 0.1) is 31.3 Å². The zero-order valence-corrected chi connectivity index (χ0v) is 35.1. The van der Waals surface area contributed by atoms with Crippen molar-refractivity contribution in [2.24, 2.45) is 0 Å². The molecule has 3 aromatic heterocycles. The Labute approximate surface area is 362 Å². The molecule has 5 heterocycles. The van der Waals surface area contributed by atoms with Crippen LogP contribution in [0.5, 0.6) is 0 Å². The molecule has 0 amide bonds. The molecule has 2 fully saturated rings. The third-order valence-corrected chi connectivity index (χ3v) is 9.09. The van der Waals surface area contributed by atoms with Crippen molar-refractivity contribution in [3.8, 4) is 0 Å². The molecule has 0 atom stereocenters. The summed E-state index contributed by atoms with van der Waals surface area (Å²) in [7, 11) is -2.26. The monoisotopic (exact) mass is 1010 g/mol. The number of nitrogens with zero attached hydrogens (tertiary/aromatic N) is 3. The second kappa shape index (κ2) is 29.4. The van der Waals surface area contributed by atoms with Crippen molar-refractivity contribution in [1.82, 2.24) is 15.0 Å². The summed E-state index contributed by atoms with van der Waals surface area (Å²) >= 11 is 9.09. The smallest absolute Gasteiger partial charge is 0.423 e. The summed E-state index contributed by atoms with van der Waals surface area (Å²) < 4.78 is 67.6. The summed E-state index contributed by atoms with van der Waals surface area (Å²) in [4.78, 5) is 21.2. The lowest BCUT2D eigenvalue weighted by molar-refractivity contribution is -0.0498. The Balaban J connectivity index is -0.000000316. The van der Waals surface area contributed by atoms with E-state index in [1.54, 1.807) is 6.92 Å². The molecule has 0 bridgehead atoms. The average Bonchev–Trinajstić information content (AvgIpc) is 3.68. The normalized spacial score (nSPS) is 14.5. The molecule has 0 aromatic carbocycles. The van der Waals surface area contributed by atoms with Crippen molar-refractivity contribution in [1.29, 1.82) is 0 Å². The number of halogens is 6. The molecule has 57 heavy (non-hydrogen) atoms. The van der Waals surface area contributed by atoms with Gasteiger partial charge in [-0.15, -0.1) is 0 Å². The first-order valence-electron chi connectivity index (χ1n) is 15.8. The maximum atomic E-state index is 13.8. The number of rotatable bonds is 6. The van der Waals surface area contributed by atoms with Gasteiger partial charge in [-0.1, -0.05) is 29.7 Å². The van der Waals surface area contributed by atoms with Crippen molar-refractivity contribution in [2.75, 3.05) is 26.4 Å². The molecular weight excluding hydrogens is 953 g/mol. The molecule has 5 rings (SSSR count). The van der Waals surface area contributed by atoms with Gasteiger partial charge >= 0.3 is 14.4 Å². The standard InChI is InChI=1S/C9H11BFNO4.C9H19BO3.C7H5BrFNO.C5H2Br2FN.C2H6O2.4CH4/c1-5-6(10(13)14)4-12-8(7(5)11)9-15-2-3-16-9;1-7(2)11-10-12-8(3,4)9(5,6)13-10;1-4-5(8)2-10-6(3-11)7(4)9;6-3-1-4(8)5(7)9-2-3;3-1-2-4;;;;/h4,9,13-14H,2-3H2,1H3;7H,1-6H3;2-3H,1H3;1-2H;3-4H,1-2H2;4*1H4. The molecular formula is C36H59B2Br3F3N3O10. The molecule has 2 aliphatic rings. The second-order valence-corrected chi connectivity index (χ2v) is 14.7. The maximum absolute atomic E-state index is 13.8. The van der Waals surface area contributed by atoms with Crippen LogP contribution < -0.4 is 5.46 Å². The first-order valence-corrected chi connectivity index (χ1v) is 18.2. The van der Waals surface area contributed by atoms with Crippen LogP contribution in [0.25, 0.3) is 0 Å². The van der Waals surface area contributed by atoms with Gasteiger partial charge in [-0.2, -0.15) is 0 Å². The molecule has 0 aliphatic carbocycles. The van der Waals surface area contributed by atoms with Gasteiger partial charge in [-0.3, -0.25) is 9.78 Å². The Bertz CT molecular complexity index is 1600. The largest absolute Gasteiger partial charge is 0.640 e. The van der Waals surface area contributed by atoms with Gasteiger partial charge in [-0.05, 0) is 115 Å². The van der Waals surface area contributed by atoms with E-state index < -0.39 is 32.4 Å². The highest BCUT2D eigenvalue weighted by atomic mass is 79.9. The minimum absolute atomic E-state index is 0. The Morgan fingerprint density at radius 3 is 1.79 bits per heavy atom. The fourth-order valence-corrected chi connectivity index (χ4v) is 4.47. The van der Waals surface area contributed by atoms with E-state index in [9.17, 15) is 18.0 Å². The molecule has 0 spiro atoms. The molecule has 2 saturated heterocycles. The minimum atomic E-state index is -1.73. The minimum Gasteiger partial charge on any atom is -0.423 e. The summed E-state index contributed by atoms with van der Waals surface area (Å²) in [5.41, 5.74) is -0.121. The number of carbonyl (C=O) groups excluding carboxylic acids is 1. The summed E-state index contributed by atoms with van der Waals surface area (Å²) in [5, 5.41) is 33.2. The summed E-state index contributed by atoms with van der Waals surface area (Å²) in [6.07, 6.45) is 3.85. The van der Waals surface area contributed by atoms with Crippen molar-refractivity contribution < 1.29 is 61.7 Å². The highest BCUT2D eigenvalue weighted by Gasteiger charge is 2.53. The molecule has 0 radical (unpaired) electrons.